The molecule has 0 saturated carbocycles. The van der Waals surface area contributed by atoms with Crippen LogP contribution in [-0.4, -0.2) is 31.8 Å². The van der Waals surface area contributed by atoms with Gasteiger partial charge in [0, 0.05) is 13.2 Å². The molecule has 5 nitrogen and oxygen atoms in total. The Hall–Kier alpha value is -1.75. The Morgan fingerprint density at radius 2 is 2.11 bits per heavy atom. The molecule has 19 heavy (non-hydrogen) atoms. The summed E-state index contributed by atoms with van der Waals surface area (Å²) < 4.78 is 10.6. The fraction of sp³-hybridized carbons (Fsp3) is 0.500. The maximum Gasteiger partial charge on any atom is 0.253 e. The van der Waals surface area contributed by atoms with Crippen LogP contribution in [0.3, 0.4) is 0 Å². The van der Waals surface area contributed by atoms with Gasteiger partial charge in [-0.15, -0.1) is 0 Å². The number of anilines is 1. The number of carbonyl (C=O) groups is 1. The van der Waals surface area contributed by atoms with Crippen molar-refractivity contribution in [3.8, 4) is 5.75 Å². The molecule has 0 fully saturated rings. The van der Waals surface area contributed by atoms with Crippen molar-refractivity contribution in [2.45, 2.75) is 26.4 Å². The first-order chi connectivity index (χ1) is 8.91. The minimum atomic E-state index is -0.405. The first kappa shape index (κ1) is 15.3. The maximum atomic E-state index is 12.1. The number of rotatable bonds is 6. The van der Waals surface area contributed by atoms with Gasteiger partial charge in [0.15, 0.2) is 0 Å². The van der Waals surface area contributed by atoms with Crippen LogP contribution in [0.5, 0.6) is 5.75 Å². The van der Waals surface area contributed by atoms with Crippen molar-refractivity contribution < 1.29 is 14.3 Å². The summed E-state index contributed by atoms with van der Waals surface area (Å²) in [4.78, 5) is 12.1. The number of hydrogen-bond acceptors (Lipinski definition) is 4. The van der Waals surface area contributed by atoms with Gasteiger partial charge < -0.3 is 20.5 Å². The number of nitrogen functional groups attached to an aromatic ring is 1. The van der Waals surface area contributed by atoms with E-state index >= 15 is 0 Å². The van der Waals surface area contributed by atoms with Gasteiger partial charge in [-0.1, -0.05) is 6.07 Å². The van der Waals surface area contributed by atoms with E-state index in [4.69, 9.17) is 15.2 Å². The highest BCUT2D eigenvalue weighted by Crippen LogP contribution is 2.24. The molecule has 0 aliphatic heterocycles. The molecule has 5 heteroatoms. The number of para-hydroxylation sites is 1. The number of hydrogen-bond donors (Lipinski definition) is 2. The molecule has 0 spiro atoms. The second kappa shape index (κ2) is 6.43. The Kier molecular flexibility index (Phi) is 5.18. The molecule has 0 bridgehead atoms. The summed E-state index contributed by atoms with van der Waals surface area (Å²) in [6.07, 6.45) is 0. The number of nitrogens with one attached hydrogen (secondary N) is 1. The molecule has 0 saturated heterocycles. The molecule has 0 aliphatic carbocycles. The van der Waals surface area contributed by atoms with Gasteiger partial charge in [-0.2, -0.15) is 0 Å². The fourth-order valence-electron chi connectivity index (χ4n) is 1.75. The fourth-order valence-corrected chi connectivity index (χ4v) is 1.75. The van der Waals surface area contributed by atoms with Gasteiger partial charge >= 0.3 is 0 Å². The predicted molar refractivity (Wildman–Crippen MR) is 75.4 cm³/mol. The largest absolute Gasteiger partial charge is 0.495 e. The van der Waals surface area contributed by atoms with Crippen LogP contribution in [0.25, 0.3) is 0 Å². The minimum absolute atomic E-state index is 0.232. The molecular formula is C14H22N2O3. The summed E-state index contributed by atoms with van der Waals surface area (Å²) in [6.45, 7) is 6.78. The number of amides is 1. The third-order valence-corrected chi connectivity index (χ3v) is 2.74. The van der Waals surface area contributed by atoms with Gasteiger partial charge in [-0.3, -0.25) is 4.79 Å². The molecule has 0 radical (unpaired) electrons. The zero-order valence-electron chi connectivity index (χ0n) is 11.9. The lowest BCUT2D eigenvalue weighted by Crippen LogP contribution is -2.40. The monoisotopic (exact) mass is 266 g/mol. The molecule has 0 atom stereocenters. The van der Waals surface area contributed by atoms with Gasteiger partial charge in [0.2, 0.25) is 0 Å². The van der Waals surface area contributed by atoms with Crippen LogP contribution in [-0.2, 0) is 4.74 Å². The van der Waals surface area contributed by atoms with Crippen LogP contribution < -0.4 is 15.8 Å². The Labute approximate surface area is 114 Å². The molecule has 106 valence electrons. The number of ether oxygens (including phenoxy) is 2. The van der Waals surface area contributed by atoms with Crippen molar-refractivity contribution in [2.24, 2.45) is 0 Å². The minimum Gasteiger partial charge on any atom is -0.495 e. The van der Waals surface area contributed by atoms with E-state index in [0.717, 1.165) is 0 Å². The smallest absolute Gasteiger partial charge is 0.253 e. The average Bonchev–Trinajstić information content (AvgIpc) is 2.36. The third-order valence-electron chi connectivity index (χ3n) is 2.74. The number of nitrogens with two attached hydrogens (primary N) is 1. The summed E-state index contributed by atoms with van der Waals surface area (Å²) in [5.41, 5.74) is 6.22. The van der Waals surface area contributed by atoms with Crippen molar-refractivity contribution >= 4 is 11.6 Å². The highest BCUT2D eigenvalue weighted by molar-refractivity contribution is 6.00. The average molecular weight is 266 g/mol. The highest BCUT2D eigenvalue weighted by Gasteiger charge is 2.20. The lowest BCUT2D eigenvalue weighted by Gasteiger charge is -2.25. The SMILES string of the molecule is CCOC(C)(C)CNC(=O)c1cccc(OC)c1N. The molecule has 1 aromatic rings. The van der Waals surface area contributed by atoms with Gasteiger partial charge in [0.1, 0.15) is 5.75 Å². The van der Waals surface area contributed by atoms with Gasteiger partial charge in [0.05, 0.1) is 24.0 Å². The zero-order chi connectivity index (χ0) is 14.5. The molecule has 0 heterocycles. The van der Waals surface area contributed by atoms with E-state index in [1.807, 2.05) is 20.8 Å². The van der Waals surface area contributed by atoms with Crippen LogP contribution >= 0.6 is 0 Å². The zero-order valence-corrected chi connectivity index (χ0v) is 11.9. The maximum absolute atomic E-state index is 12.1. The number of methoxy groups -OCH3 is 1. The quantitative estimate of drug-likeness (QED) is 0.770. The number of carbonyl (C=O) groups excluding carboxylic acids is 1. The molecule has 0 unspecified atom stereocenters. The Bertz CT molecular complexity index is 444. The molecule has 1 aromatic carbocycles. The van der Waals surface area contributed by atoms with E-state index in [9.17, 15) is 4.79 Å². The summed E-state index contributed by atoms with van der Waals surface area (Å²) in [5, 5.41) is 2.82. The highest BCUT2D eigenvalue weighted by atomic mass is 16.5. The van der Waals surface area contributed by atoms with Gasteiger partial charge in [-0.25, -0.2) is 0 Å². The lowest BCUT2D eigenvalue weighted by atomic mass is 10.1. The van der Waals surface area contributed by atoms with Crippen molar-refractivity contribution in [1.29, 1.82) is 0 Å². The molecule has 1 rings (SSSR count). The van der Waals surface area contributed by atoms with Crippen molar-refractivity contribution in [2.75, 3.05) is 26.0 Å². The summed E-state index contributed by atoms with van der Waals surface area (Å²) in [5.74, 6) is 0.265. The number of benzene rings is 1. The second-order valence-electron chi connectivity index (χ2n) is 4.80. The molecule has 1 amide bonds. The molecular weight excluding hydrogens is 244 g/mol. The topological polar surface area (TPSA) is 73.6 Å². The molecule has 0 aliphatic rings. The second-order valence-corrected chi connectivity index (χ2v) is 4.80. The van der Waals surface area contributed by atoms with E-state index < -0.39 is 5.60 Å². The van der Waals surface area contributed by atoms with Crippen LogP contribution in [0.1, 0.15) is 31.1 Å². The van der Waals surface area contributed by atoms with Crippen molar-refractivity contribution in [1.82, 2.24) is 5.32 Å². The van der Waals surface area contributed by atoms with Gasteiger partial charge in [-0.05, 0) is 32.9 Å². The Balaban J connectivity index is 2.74. The van der Waals surface area contributed by atoms with E-state index in [1.54, 1.807) is 18.2 Å². The normalized spacial score (nSPS) is 11.2. The van der Waals surface area contributed by atoms with Crippen LogP contribution in [0.4, 0.5) is 5.69 Å². The summed E-state index contributed by atoms with van der Waals surface area (Å²) >= 11 is 0. The van der Waals surface area contributed by atoms with E-state index in [1.165, 1.54) is 7.11 Å². The van der Waals surface area contributed by atoms with E-state index in [0.29, 0.717) is 30.2 Å². The lowest BCUT2D eigenvalue weighted by molar-refractivity contribution is -0.00815. The Morgan fingerprint density at radius 1 is 1.42 bits per heavy atom. The van der Waals surface area contributed by atoms with Crippen LogP contribution in [0, 0.1) is 0 Å². The van der Waals surface area contributed by atoms with Gasteiger partial charge in [0.25, 0.3) is 5.91 Å². The van der Waals surface area contributed by atoms with Crippen LogP contribution in [0.2, 0.25) is 0 Å². The molecule has 3 N–H and O–H groups in total. The first-order valence-corrected chi connectivity index (χ1v) is 6.26. The molecule has 0 aromatic heterocycles. The third kappa shape index (κ3) is 4.13. The first-order valence-electron chi connectivity index (χ1n) is 6.26. The van der Waals surface area contributed by atoms with Crippen LogP contribution in [0.15, 0.2) is 18.2 Å². The Morgan fingerprint density at radius 3 is 2.68 bits per heavy atom. The predicted octanol–water partition coefficient (Wildman–Crippen LogP) is 1.82. The van der Waals surface area contributed by atoms with E-state index in [-0.39, 0.29) is 5.91 Å². The van der Waals surface area contributed by atoms with E-state index in [2.05, 4.69) is 5.32 Å². The van der Waals surface area contributed by atoms with Crippen molar-refractivity contribution in [3.63, 3.8) is 0 Å². The van der Waals surface area contributed by atoms with Crippen molar-refractivity contribution in [3.05, 3.63) is 23.8 Å². The standard InChI is InChI=1S/C14H22N2O3/c1-5-19-14(2,3)9-16-13(17)10-7-6-8-11(18-4)12(10)15/h6-8H,5,9,15H2,1-4H3,(H,16,17). The summed E-state index contributed by atoms with van der Waals surface area (Å²) in [7, 11) is 1.52. The summed E-state index contributed by atoms with van der Waals surface area (Å²) in [6, 6.07) is 5.12.